The Morgan fingerprint density at radius 1 is 1.42 bits per heavy atom. The number of benzene rings is 1. The Morgan fingerprint density at radius 3 is 3.05 bits per heavy atom. The molecule has 1 aromatic carbocycles. The minimum absolute atomic E-state index is 0.360. The molecule has 0 spiro atoms. The molecule has 1 atom stereocenters. The molecular formula is C14H20N4O. The van der Waals surface area contributed by atoms with Crippen molar-refractivity contribution >= 4 is 22.8 Å². The molecular weight excluding hydrogens is 240 g/mol. The van der Waals surface area contributed by atoms with Gasteiger partial charge in [-0.15, -0.1) is 0 Å². The first-order valence-electron chi connectivity index (χ1n) is 6.74. The van der Waals surface area contributed by atoms with Gasteiger partial charge in [0.15, 0.2) is 5.58 Å². The zero-order chi connectivity index (χ0) is 13.4. The van der Waals surface area contributed by atoms with Crippen molar-refractivity contribution in [1.29, 1.82) is 0 Å². The molecule has 1 aliphatic heterocycles. The van der Waals surface area contributed by atoms with E-state index in [4.69, 9.17) is 10.2 Å². The first-order chi connectivity index (χ1) is 9.15. The van der Waals surface area contributed by atoms with Crippen molar-refractivity contribution in [2.24, 2.45) is 0 Å². The number of nitrogens with zero attached hydrogens (tertiary/aromatic N) is 3. The van der Waals surface area contributed by atoms with Gasteiger partial charge >= 0.3 is 0 Å². The van der Waals surface area contributed by atoms with E-state index in [1.807, 2.05) is 25.2 Å². The number of hydrogen-bond donors (Lipinski definition) is 1. The topological polar surface area (TPSA) is 58.5 Å². The van der Waals surface area contributed by atoms with Crippen molar-refractivity contribution in [2.75, 3.05) is 31.3 Å². The number of oxazole rings is 1. The third-order valence-electron chi connectivity index (χ3n) is 3.88. The van der Waals surface area contributed by atoms with E-state index in [0.717, 1.165) is 24.1 Å². The lowest BCUT2D eigenvalue weighted by molar-refractivity contribution is 0.180. The van der Waals surface area contributed by atoms with Gasteiger partial charge in [0.1, 0.15) is 5.52 Å². The van der Waals surface area contributed by atoms with Crippen molar-refractivity contribution in [1.82, 2.24) is 9.88 Å². The molecule has 0 radical (unpaired) electrons. The third-order valence-corrected chi connectivity index (χ3v) is 3.88. The first-order valence-corrected chi connectivity index (χ1v) is 6.74. The highest BCUT2D eigenvalue weighted by molar-refractivity contribution is 5.78. The summed E-state index contributed by atoms with van der Waals surface area (Å²) in [5, 5.41) is 0. The Bertz CT molecular complexity index is 580. The lowest BCUT2D eigenvalue weighted by Crippen LogP contribution is -2.47. The maximum atomic E-state index is 5.82. The van der Waals surface area contributed by atoms with Crippen molar-refractivity contribution in [3.05, 3.63) is 18.2 Å². The van der Waals surface area contributed by atoms with E-state index in [1.54, 1.807) is 0 Å². The fraction of sp³-hybridized carbons (Fsp3) is 0.500. The molecule has 1 saturated heterocycles. The minimum atomic E-state index is 0.360. The second kappa shape index (κ2) is 4.74. The van der Waals surface area contributed by atoms with Crippen LogP contribution in [0.2, 0.25) is 0 Å². The molecule has 3 rings (SSSR count). The predicted octanol–water partition coefficient (Wildman–Crippen LogP) is 2.29. The van der Waals surface area contributed by atoms with Crippen LogP contribution in [-0.4, -0.2) is 36.7 Å². The fourth-order valence-electron chi connectivity index (χ4n) is 2.76. The second-order valence-corrected chi connectivity index (χ2v) is 5.29. The van der Waals surface area contributed by atoms with Gasteiger partial charge in [0.05, 0.1) is 6.17 Å². The Balaban J connectivity index is 1.90. The highest BCUT2D eigenvalue weighted by Gasteiger charge is 2.25. The molecule has 2 heterocycles. The van der Waals surface area contributed by atoms with Gasteiger partial charge in [0.25, 0.3) is 6.01 Å². The molecule has 1 unspecified atom stereocenters. The highest BCUT2D eigenvalue weighted by Crippen LogP contribution is 2.27. The summed E-state index contributed by atoms with van der Waals surface area (Å²) in [6.45, 7) is 1.13. The van der Waals surface area contributed by atoms with E-state index in [0.29, 0.717) is 17.9 Å². The number of nitrogen functional groups attached to an aromatic ring is 1. The molecule has 5 nitrogen and oxygen atoms in total. The maximum Gasteiger partial charge on any atom is 0.299 e. The molecule has 1 fully saturated rings. The normalized spacial score (nSPS) is 20.8. The van der Waals surface area contributed by atoms with Crippen molar-refractivity contribution in [2.45, 2.75) is 25.4 Å². The van der Waals surface area contributed by atoms with E-state index in [9.17, 15) is 0 Å². The van der Waals surface area contributed by atoms with Crippen molar-refractivity contribution < 1.29 is 4.42 Å². The van der Waals surface area contributed by atoms with Gasteiger partial charge in [-0.1, -0.05) is 0 Å². The maximum absolute atomic E-state index is 5.82. The molecule has 0 bridgehead atoms. The molecule has 0 aliphatic carbocycles. The summed E-state index contributed by atoms with van der Waals surface area (Å²) in [7, 11) is 4.20. The average molecular weight is 260 g/mol. The molecule has 1 aliphatic rings. The first kappa shape index (κ1) is 12.3. The highest BCUT2D eigenvalue weighted by atomic mass is 16.4. The van der Waals surface area contributed by atoms with Crippen LogP contribution in [0.25, 0.3) is 11.1 Å². The van der Waals surface area contributed by atoms with Crippen molar-refractivity contribution in [3.63, 3.8) is 0 Å². The van der Waals surface area contributed by atoms with Crippen LogP contribution >= 0.6 is 0 Å². The number of aromatic nitrogens is 1. The van der Waals surface area contributed by atoms with E-state index in [1.165, 1.54) is 12.8 Å². The van der Waals surface area contributed by atoms with Gasteiger partial charge in [-0.25, -0.2) is 0 Å². The van der Waals surface area contributed by atoms with Crippen LogP contribution in [0.4, 0.5) is 11.7 Å². The van der Waals surface area contributed by atoms with Gasteiger partial charge in [-0.3, -0.25) is 4.90 Å². The number of anilines is 2. The third kappa shape index (κ3) is 2.26. The van der Waals surface area contributed by atoms with Crippen LogP contribution in [-0.2, 0) is 0 Å². The zero-order valence-corrected chi connectivity index (χ0v) is 11.5. The molecule has 2 N–H and O–H groups in total. The van der Waals surface area contributed by atoms with E-state index < -0.39 is 0 Å². The SMILES string of the molecule is CN1CCCCC1N(C)c1nc2cc(N)ccc2o1. The van der Waals surface area contributed by atoms with Gasteiger partial charge in [0, 0.05) is 12.7 Å². The van der Waals surface area contributed by atoms with Gasteiger partial charge in [-0.2, -0.15) is 4.98 Å². The molecule has 0 amide bonds. The van der Waals surface area contributed by atoms with Gasteiger partial charge in [0.2, 0.25) is 0 Å². The summed E-state index contributed by atoms with van der Waals surface area (Å²) in [6, 6.07) is 6.23. The number of rotatable bonds is 2. The number of likely N-dealkylation sites (tertiary alicyclic amines) is 1. The monoisotopic (exact) mass is 260 g/mol. The van der Waals surface area contributed by atoms with E-state index >= 15 is 0 Å². The smallest absolute Gasteiger partial charge is 0.299 e. The summed E-state index contributed by atoms with van der Waals surface area (Å²) in [6.07, 6.45) is 4.03. The predicted molar refractivity (Wildman–Crippen MR) is 77.1 cm³/mol. The Labute approximate surface area is 113 Å². The minimum Gasteiger partial charge on any atom is -0.423 e. The number of hydrogen-bond acceptors (Lipinski definition) is 5. The zero-order valence-electron chi connectivity index (χ0n) is 11.5. The average Bonchev–Trinajstić information content (AvgIpc) is 2.81. The van der Waals surface area contributed by atoms with E-state index in [-0.39, 0.29) is 0 Å². The van der Waals surface area contributed by atoms with Crippen LogP contribution < -0.4 is 10.6 Å². The molecule has 1 aromatic heterocycles. The molecule has 0 saturated carbocycles. The lowest BCUT2D eigenvalue weighted by Gasteiger charge is -2.37. The van der Waals surface area contributed by atoms with Gasteiger partial charge in [-0.05, 0) is 51.1 Å². The standard InChI is InChI=1S/C14H20N4O/c1-17-8-4-3-5-13(17)18(2)14-16-11-9-10(15)6-7-12(11)19-14/h6-7,9,13H,3-5,8,15H2,1-2H3. The van der Waals surface area contributed by atoms with Crippen LogP contribution in [0.3, 0.4) is 0 Å². The molecule has 5 heteroatoms. The van der Waals surface area contributed by atoms with Crippen molar-refractivity contribution in [3.8, 4) is 0 Å². The Kier molecular flexibility index (Phi) is 3.06. The fourth-order valence-corrected chi connectivity index (χ4v) is 2.76. The second-order valence-electron chi connectivity index (χ2n) is 5.29. The van der Waals surface area contributed by atoms with Crippen LogP contribution in [0.5, 0.6) is 0 Å². The van der Waals surface area contributed by atoms with Crippen LogP contribution in [0.15, 0.2) is 22.6 Å². The molecule has 102 valence electrons. The quantitative estimate of drug-likeness (QED) is 0.839. The van der Waals surface area contributed by atoms with Crippen LogP contribution in [0.1, 0.15) is 19.3 Å². The van der Waals surface area contributed by atoms with E-state index in [2.05, 4.69) is 21.8 Å². The summed E-state index contributed by atoms with van der Waals surface area (Å²) >= 11 is 0. The summed E-state index contributed by atoms with van der Waals surface area (Å²) in [4.78, 5) is 9.01. The largest absolute Gasteiger partial charge is 0.423 e. The number of nitrogens with two attached hydrogens (primary N) is 1. The Hall–Kier alpha value is -1.75. The number of fused-ring (bicyclic) bond motifs is 1. The molecule has 19 heavy (non-hydrogen) atoms. The van der Waals surface area contributed by atoms with Crippen LogP contribution in [0, 0.1) is 0 Å². The summed E-state index contributed by atoms with van der Waals surface area (Å²) in [5.41, 5.74) is 8.09. The summed E-state index contributed by atoms with van der Waals surface area (Å²) < 4.78 is 5.82. The molecule has 2 aromatic rings. The van der Waals surface area contributed by atoms with Gasteiger partial charge < -0.3 is 15.1 Å². The Morgan fingerprint density at radius 2 is 2.26 bits per heavy atom. The number of piperidine rings is 1. The summed E-state index contributed by atoms with van der Waals surface area (Å²) in [5.74, 6) is 0. The lowest BCUT2D eigenvalue weighted by atomic mass is 10.1.